The molecule has 0 saturated carbocycles. The highest BCUT2D eigenvalue weighted by Crippen LogP contribution is 2.36. The molecule has 1 atom stereocenters. The normalized spacial score (nSPS) is 13.3. The zero-order chi connectivity index (χ0) is 20.4. The minimum Gasteiger partial charge on any atom is -0.476 e. The van der Waals surface area contributed by atoms with E-state index in [1.165, 1.54) is 12.1 Å². The molecule has 1 aromatic heterocycles. The van der Waals surface area contributed by atoms with Gasteiger partial charge in [-0.3, -0.25) is 4.79 Å². The van der Waals surface area contributed by atoms with E-state index in [4.69, 9.17) is 5.11 Å². The van der Waals surface area contributed by atoms with Gasteiger partial charge in [-0.15, -0.1) is 5.10 Å². The maximum Gasteiger partial charge on any atom is 0.416 e. The van der Waals surface area contributed by atoms with Crippen LogP contribution in [0.4, 0.5) is 13.2 Å². The molecule has 0 fully saturated rings. The van der Waals surface area contributed by atoms with Gasteiger partial charge in [0.1, 0.15) is 6.54 Å². The number of halogens is 3. The van der Waals surface area contributed by atoms with E-state index in [0.29, 0.717) is 5.56 Å². The molecule has 27 heavy (non-hydrogen) atoms. The molecule has 0 radical (unpaired) electrons. The number of nitrogens with zero attached hydrogens (tertiary/aromatic N) is 3. The van der Waals surface area contributed by atoms with Crippen molar-refractivity contribution in [3.63, 3.8) is 0 Å². The molecule has 0 aliphatic carbocycles. The molecule has 1 aromatic carbocycles. The van der Waals surface area contributed by atoms with E-state index < -0.39 is 35.1 Å². The Morgan fingerprint density at radius 3 is 2.44 bits per heavy atom. The lowest BCUT2D eigenvalue weighted by Gasteiger charge is -2.32. The van der Waals surface area contributed by atoms with Gasteiger partial charge in [0.2, 0.25) is 5.91 Å². The summed E-state index contributed by atoms with van der Waals surface area (Å²) in [5, 5.41) is 18.5. The van der Waals surface area contributed by atoms with E-state index in [9.17, 15) is 22.8 Å². The fraction of sp³-hybridized carbons (Fsp3) is 0.412. The first kappa shape index (κ1) is 20.4. The van der Waals surface area contributed by atoms with Crippen LogP contribution in [0.25, 0.3) is 0 Å². The molecule has 0 saturated heterocycles. The highest BCUT2D eigenvalue weighted by molar-refractivity contribution is 5.84. The van der Waals surface area contributed by atoms with Crippen molar-refractivity contribution in [1.82, 2.24) is 20.3 Å². The van der Waals surface area contributed by atoms with Crippen LogP contribution in [-0.4, -0.2) is 32.0 Å². The quantitative estimate of drug-likeness (QED) is 0.826. The van der Waals surface area contributed by atoms with Crippen molar-refractivity contribution in [3.8, 4) is 0 Å². The zero-order valence-corrected chi connectivity index (χ0v) is 14.9. The summed E-state index contributed by atoms with van der Waals surface area (Å²) in [7, 11) is 0. The van der Waals surface area contributed by atoms with Crippen LogP contribution in [0.1, 0.15) is 48.4 Å². The van der Waals surface area contributed by atoms with Crippen molar-refractivity contribution in [1.29, 1.82) is 0 Å². The van der Waals surface area contributed by atoms with Gasteiger partial charge in [0.15, 0.2) is 5.69 Å². The standard InChI is InChI=1S/C17H19F3N4O3/c1-16(2,3)14(10-5-4-6-11(7-10)17(18,19)20)21-13(25)9-24-8-12(15(26)27)22-23-24/h4-8,14H,9H2,1-3H3,(H,21,25)(H,26,27). The first-order valence-electron chi connectivity index (χ1n) is 7.98. The van der Waals surface area contributed by atoms with Crippen LogP contribution < -0.4 is 5.32 Å². The Kier molecular flexibility index (Phi) is 5.57. The van der Waals surface area contributed by atoms with Gasteiger partial charge in [0.05, 0.1) is 17.8 Å². The molecule has 2 N–H and O–H groups in total. The highest BCUT2D eigenvalue weighted by Gasteiger charge is 2.33. The minimum atomic E-state index is -4.49. The third-order valence-electron chi connectivity index (χ3n) is 3.78. The van der Waals surface area contributed by atoms with E-state index >= 15 is 0 Å². The summed E-state index contributed by atoms with van der Waals surface area (Å²) in [4.78, 5) is 23.1. The van der Waals surface area contributed by atoms with Gasteiger partial charge in [0.25, 0.3) is 0 Å². The van der Waals surface area contributed by atoms with Crippen LogP contribution in [-0.2, 0) is 17.5 Å². The number of aromatic nitrogens is 3. The van der Waals surface area contributed by atoms with E-state index in [0.717, 1.165) is 23.0 Å². The topological polar surface area (TPSA) is 97.1 Å². The summed E-state index contributed by atoms with van der Waals surface area (Å²) in [5.41, 5.74) is -1.37. The Labute approximate surface area is 153 Å². The Balaban J connectivity index is 2.22. The van der Waals surface area contributed by atoms with Gasteiger partial charge >= 0.3 is 12.1 Å². The van der Waals surface area contributed by atoms with Crippen molar-refractivity contribution < 1.29 is 27.9 Å². The first-order valence-corrected chi connectivity index (χ1v) is 7.98. The summed E-state index contributed by atoms with van der Waals surface area (Å²) < 4.78 is 40.0. The molecule has 10 heteroatoms. The molecule has 0 aliphatic rings. The number of carboxylic acids is 1. The Morgan fingerprint density at radius 2 is 1.93 bits per heavy atom. The van der Waals surface area contributed by atoms with Crippen molar-refractivity contribution in [2.75, 3.05) is 0 Å². The Bertz CT molecular complexity index is 840. The molecule has 146 valence electrons. The maximum absolute atomic E-state index is 13.0. The van der Waals surface area contributed by atoms with Crippen LogP contribution in [0, 0.1) is 5.41 Å². The number of hydrogen-bond acceptors (Lipinski definition) is 4. The van der Waals surface area contributed by atoms with Crippen molar-refractivity contribution >= 4 is 11.9 Å². The van der Waals surface area contributed by atoms with Gasteiger partial charge < -0.3 is 10.4 Å². The number of hydrogen-bond donors (Lipinski definition) is 2. The average Bonchev–Trinajstić information content (AvgIpc) is 2.99. The summed E-state index contributed by atoms with van der Waals surface area (Å²) in [6.07, 6.45) is -3.39. The first-order chi connectivity index (χ1) is 12.4. The largest absolute Gasteiger partial charge is 0.476 e. The summed E-state index contributed by atoms with van der Waals surface area (Å²) >= 11 is 0. The van der Waals surface area contributed by atoms with Crippen molar-refractivity contribution in [3.05, 3.63) is 47.3 Å². The maximum atomic E-state index is 13.0. The molecule has 2 aromatic rings. The lowest BCUT2D eigenvalue weighted by atomic mass is 9.82. The average molecular weight is 384 g/mol. The van der Waals surface area contributed by atoms with E-state index in [-0.39, 0.29) is 12.2 Å². The lowest BCUT2D eigenvalue weighted by molar-refractivity contribution is -0.137. The van der Waals surface area contributed by atoms with Gasteiger partial charge in [-0.25, -0.2) is 9.48 Å². The molecule has 0 bridgehead atoms. The molecule has 0 aliphatic heterocycles. The van der Waals surface area contributed by atoms with Gasteiger partial charge in [0, 0.05) is 0 Å². The fourth-order valence-electron chi connectivity index (χ4n) is 2.52. The van der Waals surface area contributed by atoms with Crippen molar-refractivity contribution in [2.24, 2.45) is 5.41 Å². The van der Waals surface area contributed by atoms with Crippen LogP contribution in [0.15, 0.2) is 30.5 Å². The van der Waals surface area contributed by atoms with Gasteiger partial charge in [-0.1, -0.05) is 38.1 Å². The number of rotatable bonds is 5. The van der Waals surface area contributed by atoms with Crippen LogP contribution in [0.3, 0.4) is 0 Å². The lowest BCUT2D eigenvalue weighted by Crippen LogP contribution is -2.38. The monoisotopic (exact) mass is 384 g/mol. The number of carbonyl (C=O) groups excluding carboxylic acids is 1. The molecule has 0 spiro atoms. The predicted molar refractivity (Wildman–Crippen MR) is 88.8 cm³/mol. The van der Waals surface area contributed by atoms with Crippen LogP contribution in [0.2, 0.25) is 0 Å². The van der Waals surface area contributed by atoms with Gasteiger partial charge in [-0.05, 0) is 23.1 Å². The number of benzene rings is 1. The highest BCUT2D eigenvalue weighted by atomic mass is 19.4. The number of amides is 1. The smallest absolute Gasteiger partial charge is 0.416 e. The molecular formula is C17H19F3N4O3. The summed E-state index contributed by atoms with van der Waals surface area (Å²) in [6.45, 7) is 5.05. The van der Waals surface area contributed by atoms with Crippen molar-refractivity contribution in [2.45, 2.75) is 39.5 Å². The summed E-state index contributed by atoms with van der Waals surface area (Å²) in [6, 6.07) is 4.08. The number of alkyl halides is 3. The molecule has 2 rings (SSSR count). The summed E-state index contributed by atoms with van der Waals surface area (Å²) in [5.74, 6) is -1.81. The predicted octanol–water partition coefficient (Wildman–Crippen LogP) is 2.90. The molecule has 1 amide bonds. The fourth-order valence-corrected chi connectivity index (χ4v) is 2.52. The number of carbonyl (C=O) groups is 2. The second kappa shape index (κ2) is 7.37. The van der Waals surface area contributed by atoms with Crippen LogP contribution in [0.5, 0.6) is 0 Å². The Morgan fingerprint density at radius 1 is 1.26 bits per heavy atom. The zero-order valence-electron chi connectivity index (χ0n) is 14.9. The SMILES string of the molecule is CC(C)(C)C(NC(=O)Cn1cc(C(=O)O)nn1)c1cccc(C(F)(F)F)c1. The third kappa shape index (κ3) is 5.28. The van der Waals surface area contributed by atoms with E-state index in [1.54, 1.807) is 20.8 Å². The second-order valence-electron chi connectivity index (χ2n) is 7.10. The van der Waals surface area contributed by atoms with Gasteiger partial charge in [-0.2, -0.15) is 13.2 Å². The second-order valence-corrected chi connectivity index (χ2v) is 7.10. The number of carboxylic acid groups (broad SMARTS) is 1. The minimum absolute atomic E-state index is 0.312. The number of nitrogens with one attached hydrogen (secondary N) is 1. The number of aromatic carboxylic acids is 1. The van der Waals surface area contributed by atoms with E-state index in [2.05, 4.69) is 15.6 Å². The molecule has 1 unspecified atom stereocenters. The molecule has 7 nitrogen and oxygen atoms in total. The van der Waals surface area contributed by atoms with E-state index in [1.807, 2.05) is 0 Å². The molecule has 1 heterocycles. The molecular weight excluding hydrogens is 365 g/mol. The third-order valence-corrected chi connectivity index (χ3v) is 3.78. The Hall–Kier alpha value is -2.91. The van der Waals surface area contributed by atoms with Crippen LogP contribution >= 0.6 is 0 Å².